The third-order valence-electron chi connectivity index (χ3n) is 4.65. The van der Waals surface area contributed by atoms with Gasteiger partial charge < -0.3 is 20.9 Å². The van der Waals surface area contributed by atoms with Crippen LogP contribution in [0, 0.1) is 11.6 Å². The molecule has 1 aliphatic rings. The number of benzene rings is 2. The first-order valence-corrected chi connectivity index (χ1v) is 9.99. The van der Waals surface area contributed by atoms with Gasteiger partial charge in [-0.15, -0.1) is 0 Å². The largest absolute Gasteiger partial charge is 0.351 e. The summed E-state index contributed by atoms with van der Waals surface area (Å²) < 4.78 is 27.2. The molecule has 164 valence electrons. The summed E-state index contributed by atoms with van der Waals surface area (Å²) >= 11 is 11.9. The quantitative estimate of drug-likeness (QED) is 0.700. The summed E-state index contributed by atoms with van der Waals surface area (Å²) in [5.74, 6) is -3.88. The Morgan fingerprint density at radius 1 is 0.935 bits per heavy atom. The van der Waals surface area contributed by atoms with Gasteiger partial charge in [0.15, 0.2) is 6.17 Å². The molecule has 3 N–H and O–H groups in total. The molecule has 0 saturated carbocycles. The lowest BCUT2D eigenvalue weighted by Crippen LogP contribution is -2.54. The van der Waals surface area contributed by atoms with Gasteiger partial charge in [0.2, 0.25) is 0 Å². The van der Waals surface area contributed by atoms with Crippen molar-refractivity contribution < 1.29 is 23.2 Å². The van der Waals surface area contributed by atoms with Crippen LogP contribution in [0.4, 0.5) is 8.78 Å². The molecule has 1 atom stereocenters. The Kier molecular flexibility index (Phi) is 7.09. The van der Waals surface area contributed by atoms with Crippen LogP contribution in [0.25, 0.3) is 0 Å². The SMILES string of the molecule is NCCNC(=O)C1N(C(=O)c2cc(F)cc(F)c2)CCN1C(=O)c1ccc(Cl)c(Cl)c1. The van der Waals surface area contributed by atoms with Crippen molar-refractivity contribution in [3.05, 3.63) is 69.2 Å². The maximum atomic E-state index is 13.6. The molecule has 0 spiro atoms. The maximum absolute atomic E-state index is 13.6. The first-order chi connectivity index (χ1) is 14.7. The molecule has 1 unspecified atom stereocenters. The number of nitrogens with two attached hydrogens (primary N) is 1. The molecule has 1 saturated heterocycles. The van der Waals surface area contributed by atoms with E-state index in [0.717, 1.165) is 17.0 Å². The lowest BCUT2D eigenvalue weighted by atomic mass is 10.1. The van der Waals surface area contributed by atoms with Crippen molar-refractivity contribution in [2.24, 2.45) is 5.73 Å². The number of carbonyl (C=O) groups excluding carboxylic acids is 3. The van der Waals surface area contributed by atoms with Crippen LogP contribution in [0.3, 0.4) is 0 Å². The van der Waals surface area contributed by atoms with E-state index in [0.29, 0.717) is 6.07 Å². The molecule has 1 heterocycles. The summed E-state index contributed by atoms with van der Waals surface area (Å²) in [5, 5.41) is 2.95. The summed E-state index contributed by atoms with van der Waals surface area (Å²) in [6.07, 6.45) is -1.34. The van der Waals surface area contributed by atoms with Gasteiger partial charge in [-0.3, -0.25) is 14.4 Å². The summed E-state index contributed by atoms with van der Waals surface area (Å²) in [6, 6.07) is 6.60. The van der Waals surface area contributed by atoms with Crippen LogP contribution in [-0.4, -0.2) is 59.9 Å². The number of hydrogen-bond acceptors (Lipinski definition) is 4. The van der Waals surface area contributed by atoms with E-state index in [1.807, 2.05) is 0 Å². The van der Waals surface area contributed by atoms with E-state index < -0.39 is 35.5 Å². The molecule has 1 aliphatic heterocycles. The van der Waals surface area contributed by atoms with Crippen LogP contribution in [0.15, 0.2) is 36.4 Å². The van der Waals surface area contributed by atoms with Crippen molar-refractivity contribution in [3.8, 4) is 0 Å². The van der Waals surface area contributed by atoms with Gasteiger partial charge in [-0.1, -0.05) is 23.2 Å². The monoisotopic (exact) mass is 470 g/mol. The maximum Gasteiger partial charge on any atom is 0.263 e. The van der Waals surface area contributed by atoms with Crippen molar-refractivity contribution in [2.45, 2.75) is 6.17 Å². The molecule has 1 fully saturated rings. The van der Waals surface area contributed by atoms with Gasteiger partial charge in [0.25, 0.3) is 17.7 Å². The topological polar surface area (TPSA) is 95.7 Å². The van der Waals surface area contributed by atoms with E-state index in [1.54, 1.807) is 0 Å². The fraction of sp³-hybridized carbons (Fsp3) is 0.250. The number of amides is 3. The van der Waals surface area contributed by atoms with E-state index in [4.69, 9.17) is 28.9 Å². The highest BCUT2D eigenvalue weighted by Gasteiger charge is 2.43. The van der Waals surface area contributed by atoms with Gasteiger partial charge in [-0.25, -0.2) is 8.78 Å². The molecule has 0 bridgehead atoms. The highest BCUT2D eigenvalue weighted by atomic mass is 35.5. The summed E-state index contributed by atoms with van der Waals surface area (Å²) in [4.78, 5) is 41.1. The second-order valence-corrected chi connectivity index (χ2v) is 7.55. The Hall–Kier alpha value is -2.75. The third-order valence-corrected chi connectivity index (χ3v) is 5.39. The zero-order valence-corrected chi connectivity index (χ0v) is 17.6. The van der Waals surface area contributed by atoms with Crippen LogP contribution in [0.2, 0.25) is 10.0 Å². The van der Waals surface area contributed by atoms with Crippen molar-refractivity contribution >= 4 is 40.9 Å². The molecule has 0 radical (unpaired) electrons. The number of hydrogen-bond donors (Lipinski definition) is 2. The van der Waals surface area contributed by atoms with Crippen LogP contribution in [0.5, 0.6) is 0 Å². The van der Waals surface area contributed by atoms with Gasteiger partial charge in [0.1, 0.15) is 11.6 Å². The van der Waals surface area contributed by atoms with Crippen LogP contribution >= 0.6 is 23.2 Å². The predicted molar refractivity (Wildman–Crippen MR) is 111 cm³/mol. The molecule has 0 aliphatic carbocycles. The number of nitrogens with zero attached hydrogens (tertiary/aromatic N) is 2. The molecule has 31 heavy (non-hydrogen) atoms. The van der Waals surface area contributed by atoms with E-state index in [1.165, 1.54) is 23.1 Å². The molecular formula is C20H18Cl2F2N4O3. The van der Waals surface area contributed by atoms with Gasteiger partial charge in [0.05, 0.1) is 10.0 Å². The summed E-state index contributed by atoms with van der Waals surface area (Å²) in [5.41, 5.74) is 5.31. The van der Waals surface area contributed by atoms with E-state index in [-0.39, 0.29) is 47.4 Å². The van der Waals surface area contributed by atoms with Crippen molar-refractivity contribution in [1.82, 2.24) is 15.1 Å². The minimum Gasteiger partial charge on any atom is -0.351 e. The Morgan fingerprint density at radius 3 is 2.06 bits per heavy atom. The van der Waals surface area contributed by atoms with Gasteiger partial charge in [-0.05, 0) is 30.3 Å². The molecular weight excluding hydrogens is 453 g/mol. The van der Waals surface area contributed by atoms with Crippen LogP contribution in [-0.2, 0) is 4.79 Å². The minimum absolute atomic E-state index is 0.0172. The highest BCUT2D eigenvalue weighted by Crippen LogP contribution is 2.26. The molecule has 3 rings (SSSR count). The van der Waals surface area contributed by atoms with Gasteiger partial charge in [0, 0.05) is 43.4 Å². The van der Waals surface area contributed by atoms with Crippen molar-refractivity contribution in [3.63, 3.8) is 0 Å². The zero-order valence-electron chi connectivity index (χ0n) is 16.1. The highest BCUT2D eigenvalue weighted by molar-refractivity contribution is 6.42. The summed E-state index contributed by atoms with van der Waals surface area (Å²) in [7, 11) is 0. The lowest BCUT2D eigenvalue weighted by Gasteiger charge is -2.29. The Balaban J connectivity index is 1.94. The number of halogens is 4. The molecule has 2 aromatic carbocycles. The molecule has 3 amide bonds. The van der Waals surface area contributed by atoms with Crippen LogP contribution < -0.4 is 11.1 Å². The minimum atomic E-state index is -1.34. The van der Waals surface area contributed by atoms with E-state index in [9.17, 15) is 23.2 Å². The Labute approximate surface area is 186 Å². The predicted octanol–water partition coefficient (Wildman–Crippen LogP) is 2.27. The second kappa shape index (κ2) is 9.59. The van der Waals surface area contributed by atoms with Crippen molar-refractivity contribution in [2.75, 3.05) is 26.2 Å². The molecule has 11 heteroatoms. The lowest BCUT2D eigenvalue weighted by molar-refractivity contribution is -0.128. The first-order valence-electron chi connectivity index (χ1n) is 9.23. The zero-order chi connectivity index (χ0) is 22.7. The van der Waals surface area contributed by atoms with Gasteiger partial charge in [-0.2, -0.15) is 0 Å². The Bertz CT molecular complexity index is 1020. The average Bonchev–Trinajstić information content (AvgIpc) is 3.17. The average molecular weight is 471 g/mol. The Morgan fingerprint density at radius 2 is 1.52 bits per heavy atom. The van der Waals surface area contributed by atoms with Gasteiger partial charge >= 0.3 is 0 Å². The standard InChI is InChI=1S/C20H18Cl2F2N4O3/c21-15-2-1-11(9-16(15)22)19(30)27-5-6-28(18(27)17(29)26-4-3-25)20(31)12-7-13(23)10-14(24)8-12/h1-2,7-10,18H,3-6,25H2,(H,26,29). The molecule has 7 nitrogen and oxygen atoms in total. The fourth-order valence-corrected chi connectivity index (χ4v) is 3.56. The first kappa shape index (κ1) is 22.9. The summed E-state index contributed by atoms with van der Waals surface area (Å²) in [6.45, 7) is 0.247. The van der Waals surface area contributed by atoms with Crippen molar-refractivity contribution in [1.29, 1.82) is 0 Å². The van der Waals surface area contributed by atoms with Crippen LogP contribution in [0.1, 0.15) is 20.7 Å². The number of carbonyl (C=O) groups is 3. The smallest absolute Gasteiger partial charge is 0.263 e. The normalized spacial score (nSPS) is 15.8. The van der Waals surface area contributed by atoms with E-state index in [2.05, 4.69) is 5.32 Å². The molecule has 2 aromatic rings. The van der Waals surface area contributed by atoms with E-state index >= 15 is 0 Å². The number of nitrogens with one attached hydrogen (secondary N) is 1. The third kappa shape index (κ3) is 4.95. The second-order valence-electron chi connectivity index (χ2n) is 6.74. The fourth-order valence-electron chi connectivity index (χ4n) is 3.26. The molecule has 0 aromatic heterocycles. The number of rotatable bonds is 5.